The van der Waals surface area contributed by atoms with Gasteiger partial charge in [0.15, 0.2) is 0 Å². The molecule has 0 fully saturated rings. The molecule has 0 aliphatic rings. The van der Waals surface area contributed by atoms with Gasteiger partial charge in [0.2, 0.25) is 0 Å². The number of halogens is 1. The third-order valence-corrected chi connectivity index (χ3v) is 3.40. The number of ether oxygens (including phenoxy) is 1. The first-order valence-corrected chi connectivity index (χ1v) is 6.80. The van der Waals surface area contributed by atoms with Crippen LogP contribution >= 0.6 is 15.9 Å². The Balaban J connectivity index is 2.85. The maximum Gasteiger partial charge on any atom is 0.293 e. The number of methoxy groups -OCH3 is 1. The molecule has 0 saturated carbocycles. The number of nitrogens with zero attached hydrogens (tertiary/aromatic N) is 1. The minimum atomic E-state index is -0.388. The van der Waals surface area contributed by atoms with E-state index in [-0.39, 0.29) is 22.3 Å². The van der Waals surface area contributed by atoms with E-state index in [1.807, 2.05) is 20.8 Å². The van der Waals surface area contributed by atoms with Gasteiger partial charge in [-0.25, -0.2) is 0 Å². The van der Waals surface area contributed by atoms with Gasteiger partial charge in [0.05, 0.1) is 10.5 Å². The predicted molar refractivity (Wildman–Crippen MR) is 79.6 cm³/mol. The van der Waals surface area contributed by atoms with Crippen molar-refractivity contribution in [2.24, 2.45) is 0 Å². The van der Waals surface area contributed by atoms with Crippen LogP contribution in [0.1, 0.15) is 27.2 Å². The van der Waals surface area contributed by atoms with E-state index in [4.69, 9.17) is 4.74 Å². The second-order valence-electron chi connectivity index (χ2n) is 5.13. The first kappa shape index (κ1) is 15.9. The van der Waals surface area contributed by atoms with Crippen LogP contribution in [0, 0.1) is 10.1 Å². The maximum absolute atomic E-state index is 11.0. The van der Waals surface area contributed by atoms with Gasteiger partial charge in [0.1, 0.15) is 5.69 Å². The molecule has 0 radical (unpaired) electrons. The fourth-order valence-electron chi connectivity index (χ4n) is 1.92. The van der Waals surface area contributed by atoms with E-state index in [1.165, 1.54) is 6.07 Å². The highest BCUT2D eigenvalue weighted by atomic mass is 79.9. The smallest absolute Gasteiger partial charge is 0.293 e. The van der Waals surface area contributed by atoms with Crippen molar-refractivity contribution >= 4 is 27.3 Å². The summed E-state index contributed by atoms with van der Waals surface area (Å²) < 4.78 is 6.05. The van der Waals surface area contributed by atoms with Gasteiger partial charge in [-0.15, -0.1) is 0 Å². The largest absolute Gasteiger partial charge is 0.379 e. The minimum absolute atomic E-state index is 0.0647. The van der Waals surface area contributed by atoms with E-state index < -0.39 is 0 Å². The number of hydrogen-bond donors (Lipinski definition) is 1. The van der Waals surface area contributed by atoms with Crippen molar-refractivity contribution in [3.8, 4) is 0 Å². The van der Waals surface area contributed by atoms with Crippen LogP contribution < -0.4 is 5.32 Å². The molecule has 0 saturated heterocycles. The summed E-state index contributed by atoms with van der Waals surface area (Å²) in [5.74, 6) is 0. The first-order valence-electron chi connectivity index (χ1n) is 6.01. The van der Waals surface area contributed by atoms with Crippen molar-refractivity contribution in [2.75, 3.05) is 12.4 Å². The monoisotopic (exact) mass is 330 g/mol. The Morgan fingerprint density at radius 1 is 1.53 bits per heavy atom. The third-order valence-electron chi connectivity index (χ3n) is 2.91. The third kappa shape index (κ3) is 4.80. The Kier molecular flexibility index (Phi) is 5.31. The molecular formula is C13H19BrN2O3. The molecule has 5 nitrogen and oxygen atoms in total. The molecule has 0 bridgehead atoms. The second-order valence-corrected chi connectivity index (χ2v) is 6.05. The van der Waals surface area contributed by atoms with Crippen molar-refractivity contribution in [3.05, 3.63) is 32.8 Å². The van der Waals surface area contributed by atoms with Gasteiger partial charge >= 0.3 is 0 Å². The Bertz CT molecular complexity index is 463. The van der Waals surface area contributed by atoms with Gasteiger partial charge in [-0.1, -0.05) is 15.9 Å². The standard InChI is InChI=1S/C13H19BrN2O3/c1-9(8-13(2,3)19-4)15-11-6-5-10(14)7-12(11)16(17)18/h5-7,9,15H,8H2,1-4H3. The van der Waals surface area contributed by atoms with Crippen LogP contribution in [0.2, 0.25) is 0 Å². The van der Waals surface area contributed by atoms with Crippen molar-refractivity contribution < 1.29 is 9.66 Å². The quantitative estimate of drug-likeness (QED) is 0.633. The lowest BCUT2D eigenvalue weighted by Gasteiger charge is -2.27. The molecular weight excluding hydrogens is 312 g/mol. The Labute approximate surface area is 121 Å². The van der Waals surface area contributed by atoms with Crippen molar-refractivity contribution in [2.45, 2.75) is 38.8 Å². The van der Waals surface area contributed by atoms with E-state index in [9.17, 15) is 10.1 Å². The van der Waals surface area contributed by atoms with Gasteiger partial charge in [-0.2, -0.15) is 0 Å². The summed E-state index contributed by atoms with van der Waals surface area (Å²) in [4.78, 5) is 10.6. The Morgan fingerprint density at radius 3 is 2.68 bits per heavy atom. The van der Waals surface area contributed by atoms with Crippen LogP contribution in [0.15, 0.2) is 22.7 Å². The average Bonchev–Trinajstić information content (AvgIpc) is 2.30. The topological polar surface area (TPSA) is 64.4 Å². The minimum Gasteiger partial charge on any atom is -0.379 e. The van der Waals surface area contributed by atoms with Crippen LogP contribution in [0.25, 0.3) is 0 Å². The highest BCUT2D eigenvalue weighted by Gasteiger charge is 2.22. The normalized spacial score (nSPS) is 13.1. The second kappa shape index (κ2) is 6.34. The molecule has 0 amide bonds. The lowest BCUT2D eigenvalue weighted by molar-refractivity contribution is -0.384. The molecule has 106 valence electrons. The van der Waals surface area contributed by atoms with Crippen LogP contribution in [0.4, 0.5) is 11.4 Å². The van der Waals surface area contributed by atoms with Crippen molar-refractivity contribution in [3.63, 3.8) is 0 Å². The fraction of sp³-hybridized carbons (Fsp3) is 0.538. The molecule has 0 aliphatic carbocycles. The Morgan fingerprint density at radius 2 is 2.16 bits per heavy atom. The van der Waals surface area contributed by atoms with E-state index >= 15 is 0 Å². The van der Waals surface area contributed by atoms with Gasteiger partial charge in [-0.05, 0) is 39.3 Å². The number of anilines is 1. The zero-order valence-electron chi connectivity index (χ0n) is 11.6. The summed E-state index contributed by atoms with van der Waals surface area (Å²) in [6.45, 7) is 5.95. The molecule has 1 aromatic carbocycles. The zero-order chi connectivity index (χ0) is 14.6. The van der Waals surface area contributed by atoms with E-state index in [1.54, 1.807) is 19.2 Å². The molecule has 19 heavy (non-hydrogen) atoms. The van der Waals surface area contributed by atoms with Gasteiger partial charge in [0, 0.05) is 23.7 Å². The van der Waals surface area contributed by atoms with Gasteiger partial charge < -0.3 is 10.1 Å². The number of nitro groups is 1. The molecule has 1 rings (SSSR count). The number of nitrogens with one attached hydrogen (secondary N) is 1. The lowest BCUT2D eigenvalue weighted by atomic mass is 9.99. The van der Waals surface area contributed by atoms with Crippen LogP contribution in [0.3, 0.4) is 0 Å². The summed E-state index contributed by atoms with van der Waals surface area (Å²) >= 11 is 3.24. The van der Waals surface area contributed by atoms with Crippen molar-refractivity contribution in [1.29, 1.82) is 0 Å². The number of hydrogen-bond acceptors (Lipinski definition) is 4. The summed E-state index contributed by atoms with van der Waals surface area (Å²) in [5.41, 5.74) is 0.320. The van der Waals surface area contributed by atoms with E-state index in [0.717, 1.165) is 6.42 Å². The lowest BCUT2D eigenvalue weighted by Crippen LogP contribution is -2.31. The molecule has 1 aromatic rings. The van der Waals surface area contributed by atoms with Crippen LogP contribution in [-0.2, 0) is 4.74 Å². The van der Waals surface area contributed by atoms with Crippen LogP contribution in [0.5, 0.6) is 0 Å². The molecule has 1 atom stereocenters. The number of benzene rings is 1. The van der Waals surface area contributed by atoms with Crippen molar-refractivity contribution in [1.82, 2.24) is 0 Å². The number of rotatable bonds is 6. The average molecular weight is 331 g/mol. The van der Waals surface area contributed by atoms with Crippen LogP contribution in [-0.4, -0.2) is 23.7 Å². The fourth-order valence-corrected chi connectivity index (χ4v) is 2.26. The molecule has 0 spiro atoms. The molecule has 6 heteroatoms. The van der Waals surface area contributed by atoms with Gasteiger partial charge in [-0.3, -0.25) is 10.1 Å². The highest BCUT2D eigenvalue weighted by Crippen LogP contribution is 2.29. The zero-order valence-corrected chi connectivity index (χ0v) is 13.2. The molecule has 1 N–H and O–H groups in total. The van der Waals surface area contributed by atoms with E-state index in [2.05, 4.69) is 21.2 Å². The SMILES string of the molecule is COC(C)(C)CC(C)Nc1ccc(Br)cc1[N+](=O)[O-]. The molecule has 0 aliphatic heterocycles. The predicted octanol–water partition coefficient (Wildman–Crippen LogP) is 3.97. The van der Waals surface area contributed by atoms with Gasteiger partial charge in [0.25, 0.3) is 5.69 Å². The highest BCUT2D eigenvalue weighted by molar-refractivity contribution is 9.10. The summed E-state index contributed by atoms with van der Waals surface area (Å²) in [6, 6.07) is 5.05. The molecule has 1 unspecified atom stereocenters. The molecule has 0 heterocycles. The molecule has 0 aromatic heterocycles. The number of nitro benzene ring substituents is 1. The summed E-state index contributed by atoms with van der Waals surface area (Å²) in [6.07, 6.45) is 0.747. The summed E-state index contributed by atoms with van der Waals surface area (Å²) in [5, 5.41) is 14.2. The Hall–Kier alpha value is -1.14. The first-order chi connectivity index (χ1) is 8.75. The summed E-state index contributed by atoms with van der Waals surface area (Å²) in [7, 11) is 1.66. The maximum atomic E-state index is 11.0. The van der Waals surface area contributed by atoms with E-state index in [0.29, 0.717) is 10.2 Å².